The lowest BCUT2D eigenvalue weighted by molar-refractivity contribution is 0.375. The molecule has 1 aliphatic carbocycles. The molecular weight excluding hydrogens is 357 g/mol. The molecule has 3 aliphatic rings. The molecule has 3 nitrogen and oxygen atoms in total. The first-order chi connectivity index (χ1) is 11.0. The second-order valence-corrected chi connectivity index (χ2v) is 7.16. The van der Waals surface area contributed by atoms with Gasteiger partial charge < -0.3 is 0 Å². The van der Waals surface area contributed by atoms with Crippen LogP contribution in [0.1, 0.15) is 19.4 Å². The van der Waals surface area contributed by atoms with Gasteiger partial charge >= 0.3 is 0 Å². The number of aliphatic imine (C=N–C) groups is 3. The van der Waals surface area contributed by atoms with Gasteiger partial charge in [-0.3, -0.25) is 9.98 Å². The summed E-state index contributed by atoms with van der Waals surface area (Å²) < 4.78 is 14.0. The summed E-state index contributed by atoms with van der Waals surface area (Å²) in [6.07, 6.45) is 7.71. The van der Waals surface area contributed by atoms with Gasteiger partial charge in [-0.1, -0.05) is 32.1 Å². The monoisotopic (exact) mass is 371 g/mol. The second-order valence-electron chi connectivity index (χ2n) is 6.30. The number of allylic oxidation sites excluding steroid dienone is 2. The van der Waals surface area contributed by atoms with E-state index < -0.39 is 5.54 Å². The minimum absolute atomic E-state index is 0.213. The fourth-order valence-corrected chi connectivity index (χ4v) is 3.97. The van der Waals surface area contributed by atoms with Crippen molar-refractivity contribution in [1.82, 2.24) is 0 Å². The van der Waals surface area contributed by atoms with Crippen LogP contribution < -0.4 is 0 Å². The van der Waals surface area contributed by atoms with Crippen LogP contribution in [0.3, 0.4) is 0 Å². The van der Waals surface area contributed by atoms with Crippen molar-refractivity contribution in [3.05, 3.63) is 51.9 Å². The highest BCUT2D eigenvalue weighted by molar-refractivity contribution is 9.10. The third-order valence-corrected chi connectivity index (χ3v) is 5.29. The van der Waals surface area contributed by atoms with E-state index in [9.17, 15) is 4.39 Å². The molecule has 2 heterocycles. The lowest BCUT2D eigenvalue weighted by Gasteiger charge is -2.37. The summed E-state index contributed by atoms with van der Waals surface area (Å²) >= 11 is 3.26. The molecule has 2 atom stereocenters. The molecule has 0 amide bonds. The fraction of sp³-hybridized carbons (Fsp3) is 0.278. The highest BCUT2D eigenvalue weighted by Crippen LogP contribution is 2.48. The predicted octanol–water partition coefficient (Wildman–Crippen LogP) is 4.45. The molecule has 1 spiro atoms. The molecule has 1 aromatic rings. The Bertz CT molecular complexity index is 848. The van der Waals surface area contributed by atoms with E-state index >= 15 is 0 Å². The molecule has 0 N–H and O–H groups in total. The number of benzene rings is 1. The van der Waals surface area contributed by atoms with E-state index in [2.05, 4.69) is 51.9 Å². The molecule has 1 aromatic carbocycles. The van der Waals surface area contributed by atoms with Gasteiger partial charge in [0, 0.05) is 11.5 Å². The van der Waals surface area contributed by atoms with E-state index in [1.54, 1.807) is 18.5 Å². The maximum atomic E-state index is 13.6. The molecule has 23 heavy (non-hydrogen) atoms. The van der Waals surface area contributed by atoms with Crippen LogP contribution >= 0.6 is 15.9 Å². The summed E-state index contributed by atoms with van der Waals surface area (Å²) in [5, 5.41) is 0. The van der Waals surface area contributed by atoms with Crippen molar-refractivity contribution < 1.29 is 4.39 Å². The van der Waals surface area contributed by atoms with Gasteiger partial charge in [-0.05, 0) is 39.5 Å². The molecule has 0 saturated heterocycles. The van der Waals surface area contributed by atoms with E-state index in [-0.39, 0.29) is 11.7 Å². The van der Waals surface area contributed by atoms with Gasteiger partial charge in [0.1, 0.15) is 12.2 Å². The van der Waals surface area contributed by atoms with E-state index in [4.69, 9.17) is 4.99 Å². The highest BCUT2D eigenvalue weighted by atomic mass is 79.9. The average molecular weight is 372 g/mol. The molecular formula is C18H15BrFN3. The van der Waals surface area contributed by atoms with Crippen LogP contribution in [0.5, 0.6) is 0 Å². The zero-order valence-electron chi connectivity index (χ0n) is 12.8. The minimum atomic E-state index is -0.515. The van der Waals surface area contributed by atoms with Crippen LogP contribution in [0.2, 0.25) is 0 Å². The van der Waals surface area contributed by atoms with Crippen molar-refractivity contribution in [2.75, 3.05) is 0 Å². The van der Waals surface area contributed by atoms with Crippen LogP contribution in [-0.2, 0) is 0 Å². The molecule has 4 rings (SSSR count). The van der Waals surface area contributed by atoms with Crippen LogP contribution in [0.15, 0.2) is 55.5 Å². The lowest BCUT2D eigenvalue weighted by atomic mass is 9.69. The second kappa shape index (κ2) is 5.06. The molecule has 0 bridgehead atoms. The van der Waals surface area contributed by atoms with Crippen molar-refractivity contribution in [2.45, 2.75) is 19.4 Å². The Hall–Kier alpha value is -1.88. The van der Waals surface area contributed by atoms with Crippen LogP contribution in [0.4, 0.5) is 4.39 Å². The zero-order chi connectivity index (χ0) is 16.2. The SMILES string of the molecule is CC(C)C1C=CC(c2ccc(F)c(Br)c2)=C2N=CC3=NC=NC321. The molecule has 0 aromatic heterocycles. The Balaban J connectivity index is 1.93. The van der Waals surface area contributed by atoms with E-state index in [1.165, 1.54) is 6.07 Å². The smallest absolute Gasteiger partial charge is 0.155 e. The summed E-state index contributed by atoms with van der Waals surface area (Å²) in [7, 11) is 0. The molecule has 5 heteroatoms. The summed E-state index contributed by atoms with van der Waals surface area (Å²) in [6, 6.07) is 5.03. The maximum Gasteiger partial charge on any atom is 0.155 e. The first kappa shape index (κ1) is 14.7. The van der Waals surface area contributed by atoms with Crippen molar-refractivity contribution in [2.24, 2.45) is 26.8 Å². The topological polar surface area (TPSA) is 37.1 Å². The quantitative estimate of drug-likeness (QED) is 0.736. The van der Waals surface area contributed by atoms with Gasteiger partial charge in [-0.15, -0.1) is 0 Å². The zero-order valence-corrected chi connectivity index (χ0v) is 14.4. The van der Waals surface area contributed by atoms with Gasteiger partial charge in [0.05, 0.1) is 22.1 Å². The minimum Gasteiger partial charge on any atom is -0.256 e. The van der Waals surface area contributed by atoms with Crippen LogP contribution in [0.25, 0.3) is 5.57 Å². The normalized spacial score (nSPS) is 27.7. The van der Waals surface area contributed by atoms with Gasteiger partial charge in [0.2, 0.25) is 0 Å². The summed E-state index contributed by atoms with van der Waals surface area (Å²) in [4.78, 5) is 13.7. The van der Waals surface area contributed by atoms with Gasteiger partial charge in [-0.2, -0.15) is 0 Å². The Morgan fingerprint density at radius 1 is 1.30 bits per heavy atom. The number of hydrogen-bond acceptors (Lipinski definition) is 3. The highest BCUT2D eigenvalue weighted by Gasteiger charge is 2.53. The molecule has 116 valence electrons. The van der Waals surface area contributed by atoms with Crippen molar-refractivity contribution >= 4 is 39.8 Å². The first-order valence-electron chi connectivity index (χ1n) is 7.58. The third-order valence-electron chi connectivity index (χ3n) is 4.68. The van der Waals surface area contributed by atoms with Crippen LogP contribution in [0, 0.1) is 17.7 Å². The molecule has 0 fully saturated rings. The summed E-state index contributed by atoms with van der Waals surface area (Å²) in [5.74, 6) is 0.347. The number of nitrogens with zero attached hydrogens (tertiary/aromatic N) is 3. The van der Waals surface area contributed by atoms with Gasteiger partial charge in [-0.25, -0.2) is 9.38 Å². The molecule has 0 radical (unpaired) electrons. The Labute approximate surface area is 142 Å². The van der Waals surface area contributed by atoms with Crippen molar-refractivity contribution in [3.8, 4) is 0 Å². The molecule has 0 saturated carbocycles. The van der Waals surface area contributed by atoms with E-state index in [0.29, 0.717) is 10.4 Å². The Morgan fingerprint density at radius 3 is 2.87 bits per heavy atom. The van der Waals surface area contributed by atoms with Crippen molar-refractivity contribution in [3.63, 3.8) is 0 Å². The van der Waals surface area contributed by atoms with E-state index in [1.807, 2.05) is 6.21 Å². The molecule has 2 unspecified atom stereocenters. The maximum absolute atomic E-state index is 13.6. The number of halogens is 2. The number of rotatable bonds is 2. The third kappa shape index (κ3) is 1.96. The lowest BCUT2D eigenvalue weighted by Crippen LogP contribution is -2.44. The van der Waals surface area contributed by atoms with Crippen LogP contribution in [-0.4, -0.2) is 23.8 Å². The summed E-state index contributed by atoms with van der Waals surface area (Å²) in [6.45, 7) is 4.37. The van der Waals surface area contributed by atoms with Crippen molar-refractivity contribution in [1.29, 1.82) is 0 Å². The Kier molecular flexibility index (Phi) is 3.23. The van der Waals surface area contributed by atoms with Gasteiger partial charge in [0.15, 0.2) is 5.54 Å². The Morgan fingerprint density at radius 2 is 2.13 bits per heavy atom. The standard InChI is InChI=1S/C18H15BrFN3/c1-10(2)13-5-4-12(11-3-6-15(20)14(19)7-11)17-18(13)16(8-21-17)22-9-23-18/h3-10,13H,1-2H3. The largest absolute Gasteiger partial charge is 0.256 e. The predicted molar refractivity (Wildman–Crippen MR) is 95.6 cm³/mol. The first-order valence-corrected chi connectivity index (χ1v) is 8.38. The average Bonchev–Trinajstić information content (AvgIpc) is 3.06. The fourth-order valence-electron chi connectivity index (χ4n) is 3.59. The molecule has 2 aliphatic heterocycles. The number of hydrogen-bond donors (Lipinski definition) is 0. The summed E-state index contributed by atoms with van der Waals surface area (Å²) in [5.41, 5.74) is 3.19. The van der Waals surface area contributed by atoms with Gasteiger partial charge in [0.25, 0.3) is 0 Å². The van der Waals surface area contributed by atoms with E-state index in [0.717, 1.165) is 22.5 Å².